The number of carbonyl (C=O) groups excluding carboxylic acids is 1. The minimum atomic E-state index is 0.114. The van der Waals surface area contributed by atoms with Gasteiger partial charge in [-0.25, -0.2) is 0 Å². The second-order valence-corrected chi connectivity index (χ2v) is 7.06. The Morgan fingerprint density at radius 2 is 1.82 bits per heavy atom. The molecule has 2 saturated carbocycles. The molecule has 1 saturated heterocycles. The number of carbonyl (C=O) groups is 1. The van der Waals surface area contributed by atoms with Crippen molar-refractivity contribution >= 4 is 17.7 Å². The molecule has 3 rings (SSSR count). The van der Waals surface area contributed by atoms with Crippen LogP contribution in [0.2, 0.25) is 0 Å². The molecule has 0 spiro atoms. The number of rotatable bonds is 2. The van der Waals surface area contributed by atoms with Crippen molar-refractivity contribution in [1.29, 1.82) is 0 Å². The molecule has 4 unspecified atom stereocenters. The summed E-state index contributed by atoms with van der Waals surface area (Å²) in [6.45, 7) is 0. The van der Waals surface area contributed by atoms with Crippen LogP contribution in [-0.4, -0.2) is 29.5 Å². The standard InChI is InChI=1S/C13H22N2OS/c14-12-9-2-1-8(7-9)11(12)13(16)15-10-3-5-17-6-4-10/h8-12H,1-7,14H2,(H,15,16). The van der Waals surface area contributed by atoms with Gasteiger partial charge in [0.1, 0.15) is 0 Å². The highest BCUT2D eigenvalue weighted by Crippen LogP contribution is 2.47. The number of hydrogen-bond donors (Lipinski definition) is 2. The molecule has 3 aliphatic rings. The number of thioether (sulfide) groups is 1. The smallest absolute Gasteiger partial charge is 0.225 e. The molecule has 2 aliphatic carbocycles. The van der Waals surface area contributed by atoms with Gasteiger partial charge in [0.25, 0.3) is 0 Å². The fourth-order valence-corrected chi connectivity index (χ4v) is 4.97. The lowest BCUT2D eigenvalue weighted by molar-refractivity contribution is -0.127. The molecule has 96 valence electrons. The van der Waals surface area contributed by atoms with Gasteiger partial charge in [-0.15, -0.1) is 0 Å². The van der Waals surface area contributed by atoms with E-state index in [4.69, 9.17) is 5.73 Å². The summed E-state index contributed by atoms with van der Waals surface area (Å²) in [6.07, 6.45) is 5.92. The summed E-state index contributed by atoms with van der Waals surface area (Å²) in [5.74, 6) is 3.94. The first-order valence-electron chi connectivity index (χ1n) is 6.89. The fraction of sp³-hybridized carbons (Fsp3) is 0.923. The fourth-order valence-electron chi connectivity index (χ4n) is 3.86. The number of nitrogens with two attached hydrogens (primary N) is 1. The second kappa shape index (κ2) is 4.81. The van der Waals surface area contributed by atoms with E-state index < -0.39 is 0 Å². The first kappa shape index (κ1) is 11.8. The maximum absolute atomic E-state index is 12.3. The van der Waals surface area contributed by atoms with E-state index in [-0.39, 0.29) is 17.9 Å². The van der Waals surface area contributed by atoms with Crippen molar-refractivity contribution in [1.82, 2.24) is 5.32 Å². The van der Waals surface area contributed by atoms with Gasteiger partial charge in [0.15, 0.2) is 0 Å². The lowest BCUT2D eigenvalue weighted by Crippen LogP contribution is -2.48. The average Bonchev–Trinajstić information content (AvgIpc) is 2.90. The topological polar surface area (TPSA) is 55.1 Å². The van der Waals surface area contributed by atoms with Crippen molar-refractivity contribution < 1.29 is 4.79 Å². The molecule has 4 atom stereocenters. The van der Waals surface area contributed by atoms with Crippen LogP contribution in [-0.2, 0) is 4.79 Å². The maximum Gasteiger partial charge on any atom is 0.225 e. The Morgan fingerprint density at radius 1 is 1.12 bits per heavy atom. The first-order chi connectivity index (χ1) is 8.25. The Labute approximate surface area is 107 Å². The molecule has 1 amide bonds. The molecule has 3 nitrogen and oxygen atoms in total. The van der Waals surface area contributed by atoms with Gasteiger partial charge in [-0.1, -0.05) is 0 Å². The van der Waals surface area contributed by atoms with Gasteiger partial charge in [0, 0.05) is 12.1 Å². The molecule has 4 heteroatoms. The Balaban J connectivity index is 1.58. The van der Waals surface area contributed by atoms with E-state index in [1.807, 2.05) is 11.8 Å². The molecule has 1 heterocycles. The predicted octanol–water partition coefficient (Wildman–Crippen LogP) is 1.37. The Kier molecular flexibility index (Phi) is 3.35. The zero-order chi connectivity index (χ0) is 11.8. The maximum atomic E-state index is 12.3. The zero-order valence-corrected chi connectivity index (χ0v) is 11.0. The number of nitrogens with one attached hydrogen (secondary N) is 1. The highest BCUT2D eigenvalue weighted by Gasteiger charge is 2.49. The minimum Gasteiger partial charge on any atom is -0.353 e. The van der Waals surface area contributed by atoms with E-state index in [0.717, 1.165) is 12.8 Å². The molecular weight excluding hydrogens is 232 g/mol. The van der Waals surface area contributed by atoms with Crippen LogP contribution in [0.5, 0.6) is 0 Å². The zero-order valence-electron chi connectivity index (χ0n) is 10.2. The number of amides is 1. The van der Waals surface area contributed by atoms with Crippen LogP contribution in [0.3, 0.4) is 0 Å². The van der Waals surface area contributed by atoms with Gasteiger partial charge in [-0.05, 0) is 55.4 Å². The summed E-state index contributed by atoms with van der Waals surface area (Å²) in [5, 5.41) is 3.24. The van der Waals surface area contributed by atoms with Crippen molar-refractivity contribution in [2.24, 2.45) is 23.5 Å². The summed E-state index contributed by atoms with van der Waals surface area (Å²) in [7, 11) is 0. The van der Waals surface area contributed by atoms with Gasteiger partial charge in [0.2, 0.25) is 5.91 Å². The van der Waals surface area contributed by atoms with Gasteiger partial charge in [-0.2, -0.15) is 11.8 Å². The molecule has 3 fully saturated rings. The second-order valence-electron chi connectivity index (χ2n) is 5.83. The number of hydrogen-bond acceptors (Lipinski definition) is 3. The third kappa shape index (κ3) is 2.22. The predicted molar refractivity (Wildman–Crippen MR) is 70.8 cm³/mol. The van der Waals surface area contributed by atoms with E-state index in [1.165, 1.54) is 30.8 Å². The van der Waals surface area contributed by atoms with Gasteiger partial charge in [0.05, 0.1) is 5.92 Å². The minimum absolute atomic E-state index is 0.114. The average molecular weight is 254 g/mol. The van der Waals surface area contributed by atoms with Crippen molar-refractivity contribution in [2.75, 3.05) is 11.5 Å². The van der Waals surface area contributed by atoms with E-state index >= 15 is 0 Å². The first-order valence-corrected chi connectivity index (χ1v) is 8.05. The molecule has 3 N–H and O–H groups in total. The monoisotopic (exact) mass is 254 g/mol. The quantitative estimate of drug-likeness (QED) is 0.782. The largest absolute Gasteiger partial charge is 0.353 e. The van der Waals surface area contributed by atoms with E-state index in [0.29, 0.717) is 17.9 Å². The Hall–Kier alpha value is -0.220. The Morgan fingerprint density at radius 3 is 2.47 bits per heavy atom. The van der Waals surface area contributed by atoms with Crippen molar-refractivity contribution in [3.63, 3.8) is 0 Å². The summed E-state index contributed by atoms with van der Waals surface area (Å²) in [4.78, 5) is 12.3. The van der Waals surface area contributed by atoms with Gasteiger partial charge in [-0.3, -0.25) is 4.79 Å². The molecule has 0 aromatic rings. The highest BCUT2D eigenvalue weighted by atomic mass is 32.2. The van der Waals surface area contributed by atoms with Gasteiger partial charge < -0.3 is 11.1 Å². The molecule has 2 bridgehead atoms. The third-order valence-corrected chi connectivity index (χ3v) is 5.90. The molecule has 17 heavy (non-hydrogen) atoms. The lowest BCUT2D eigenvalue weighted by Gasteiger charge is -2.30. The SMILES string of the molecule is NC1C2CCC(C2)C1C(=O)NC1CCSCC1. The lowest BCUT2D eigenvalue weighted by atomic mass is 9.84. The highest BCUT2D eigenvalue weighted by molar-refractivity contribution is 7.99. The van der Waals surface area contributed by atoms with E-state index in [2.05, 4.69) is 5.32 Å². The molecule has 0 radical (unpaired) electrons. The van der Waals surface area contributed by atoms with Crippen molar-refractivity contribution in [3.05, 3.63) is 0 Å². The molecule has 0 aromatic carbocycles. The van der Waals surface area contributed by atoms with E-state index in [1.54, 1.807) is 0 Å². The third-order valence-electron chi connectivity index (χ3n) is 4.85. The van der Waals surface area contributed by atoms with Crippen LogP contribution >= 0.6 is 11.8 Å². The summed E-state index contributed by atoms with van der Waals surface area (Å²) in [6, 6.07) is 0.543. The Bertz CT molecular complexity index is 302. The normalized spacial score (nSPS) is 41.7. The van der Waals surface area contributed by atoms with Crippen LogP contribution in [0, 0.1) is 17.8 Å². The molecule has 1 aliphatic heterocycles. The van der Waals surface area contributed by atoms with E-state index in [9.17, 15) is 4.79 Å². The van der Waals surface area contributed by atoms with Crippen LogP contribution in [0.15, 0.2) is 0 Å². The van der Waals surface area contributed by atoms with Crippen molar-refractivity contribution in [3.8, 4) is 0 Å². The van der Waals surface area contributed by atoms with Crippen molar-refractivity contribution in [2.45, 2.75) is 44.2 Å². The van der Waals surface area contributed by atoms with Crippen LogP contribution in [0.25, 0.3) is 0 Å². The molecule has 0 aromatic heterocycles. The van der Waals surface area contributed by atoms with Crippen LogP contribution < -0.4 is 11.1 Å². The van der Waals surface area contributed by atoms with Crippen LogP contribution in [0.4, 0.5) is 0 Å². The summed E-state index contributed by atoms with van der Waals surface area (Å²) < 4.78 is 0. The molecular formula is C13H22N2OS. The summed E-state index contributed by atoms with van der Waals surface area (Å²) in [5.41, 5.74) is 6.21. The summed E-state index contributed by atoms with van der Waals surface area (Å²) >= 11 is 1.99. The van der Waals surface area contributed by atoms with Gasteiger partial charge >= 0.3 is 0 Å². The number of fused-ring (bicyclic) bond motifs is 2. The van der Waals surface area contributed by atoms with Crippen LogP contribution in [0.1, 0.15) is 32.1 Å².